The first-order chi connectivity index (χ1) is 6.48. The molecule has 0 aromatic rings. The monoisotopic (exact) mass is 257 g/mol. The van der Waals surface area contributed by atoms with E-state index in [1.807, 2.05) is 0 Å². The zero-order valence-corrected chi connectivity index (χ0v) is 11.0. The van der Waals surface area contributed by atoms with E-state index >= 15 is 0 Å². The molecule has 0 aliphatic heterocycles. The Balaban J connectivity index is 0. The topological polar surface area (TPSA) is 37.3 Å². The summed E-state index contributed by atoms with van der Waals surface area (Å²) in [5, 5.41) is 8.44. The lowest BCUT2D eigenvalue weighted by Crippen LogP contribution is -3.00. The van der Waals surface area contributed by atoms with Gasteiger partial charge in [-0.2, -0.15) is 0 Å². The number of nitrogens with zero attached hydrogens (tertiary/aromatic N) is 1. The predicted octanol–water partition coefficient (Wildman–Crippen LogP) is -1.05. The molecule has 0 unspecified atom stereocenters. The smallest absolute Gasteiger partial charge is 0.303 e. The van der Waals surface area contributed by atoms with Gasteiger partial charge >= 0.3 is 5.97 Å². The molecule has 3 nitrogen and oxygen atoms in total. The van der Waals surface area contributed by atoms with Crippen LogP contribution in [-0.2, 0) is 4.79 Å². The number of rotatable bonds is 8. The molecule has 0 saturated carbocycles. The predicted molar refractivity (Wildman–Crippen MR) is 58.7 cm³/mol. The Bertz CT molecular complexity index is 175. The van der Waals surface area contributed by atoms with Crippen LogP contribution in [0.3, 0.4) is 0 Å². The molecule has 0 aromatic carbocycles. The average molecular weight is 258 g/mol. The molecule has 0 atom stereocenters. The molecule has 0 rings (SSSR count). The number of carboxylic acid groups (broad SMARTS) is 1. The van der Waals surface area contributed by atoms with Gasteiger partial charge in [0.2, 0.25) is 0 Å². The van der Waals surface area contributed by atoms with Crippen molar-refractivity contribution in [3.05, 3.63) is 0 Å². The molecule has 15 heavy (non-hydrogen) atoms. The molecule has 5 heteroatoms. The van der Waals surface area contributed by atoms with Gasteiger partial charge in [-0.05, 0) is 19.3 Å². The molecule has 0 spiro atoms. The third kappa shape index (κ3) is 11.9. The van der Waals surface area contributed by atoms with Crippen LogP contribution in [0.15, 0.2) is 0 Å². The van der Waals surface area contributed by atoms with Gasteiger partial charge in [0.1, 0.15) is 0 Å². The highest BCUT2D eigenvalue weighted by atomic mass is 35.5. The van der Waals surface area contributed by atoms with Crippen LogP contribution in [0.4, 0.5) is 0 Å². The minimum atomic E-state index is -0.695. The molecular weight excluding hydrogens is 237 g/mol. The molecule has 0 radical (unpaired) electrons. The number of halogens is 2. The standard InChI is InChI=1S/C10H20ClNO2.ClH/c1-12(2,9-7-11)8-5-3-4-6-10(13)14;/h3-9H2,1-2H3;1H. The van der Waals surface area contributed by atoms with Crippen molar-refractivity contribution in [2.75, 3.05) is 33.1 Å². The number of hydrogen-bond donors (Lipinski definition) is 1. The highest BCUT2D eigenvalue weighted by molar-refractivity contribution is 6.17. The van der Waals surface area contributed by atoms with E-state index in [0.717, 1.165) is 36.8 Å². The molecule has 0 amide bonds. The third-order valence-corrected chi connectivity index (χ3v) is 2.51. The van der Waals surface area contributed by atoms with Crippen LogP contribution >= 0.6 is 11.6 Å². The fourth-order valence-electron chi connectivity index (χ4n) is 1.33. The van der Waals surface area contributed by atoms with Gasteiger partial charge in [0.05, 0.1) is 33.1 Å². The summed E-state index contributed by atoms with van der Waals surface area (Å²) in [6, 6.07) is 0. The van der Waals surface area contributed by atoms with Crippen molar-refractivity contribution in [3.8, 4) is 0 Å². The average Bonchev–Trinajstić information content (AvgIpc) is 2.02. The summed E-state index contributed by atoms with van der Waals surface area (Å²) in [6.07, 6.45) is 3.16. The first-order valence-electron chi connectivity index (χ1n) is 5.08. The van der Waals surface area contributed by atoms with E-state index < -0.39 is 5.97 Å². The fraction of sp³-hybridized carbons (Fsp3) is 0.900. The molecule has 1 N–H and O–H groups in total. The van der Waals surface area contributed by atoms with E-state index in [-0.39, 0.29) is 12.4 Å². The van der Waals surface area contributed by atoms with E-state index in [4.69, 9.17) is 16.7 Å². The molecule has 92 valence electrons. The number of carbonyl (C=O) groups is 1. The van der Waals surface area contributed by atoms with Crippen molar-refractivity contribution in [1.29, 1.82) is 0 Å². The maximum Gasteiger partial charge on any atom is 0.303 e. The molecule has 0 aliphatic rings. The van der Waals surface area contributed by atoms with Gasteiger partial charge in [0, 0.05) is 6.42 Å². The van der Waals surface area contributed by atoms with Crippen LogP contribution in [-0.4, -0.2) is 48.6 Å². The third-order valence-electron chi connectivity index (χ3n) is 2.34. The fourth-order valence-corrected chi connectivity index (χ4v) is 1.79. The molecule has 0 aromatic heterocycles. The van der Waals surface area contributed by atoms with Crippen LogP contribution in [0.25, 0.3) is 0 Å². The lowest BCUT2D eigenvalue weighted by Gasteiger charge is -2.28. The Morgan fingerprint density at radius 1 is 1.20 bits per heavy atom. The second kappa shape index (κ2) is 9.25. The van der Waals surface area contributed by atoms with Crippen molar-refractivity contribution >= 4 is 17.6 Å². The van der Waals surface area contributed by atoms with Gasteiger partial charge in [0.25, 0.3) is 0 Å². The molecule has 0 saturated heterocycles. The van der Waals surface area contributed by atoms with Crippen molar-refractivity contribution in [2.24, 2.45) is 0 Å². The van der Waals surface area contributed by atoms with Gasteiger partial charge in [-0.25, -0.2) is 0 Å². The summed E-state index contributed by atoms with van der Waals surface area (Å²) in [5.41, 5.74) is 0. The number of carboxylic acids is 1. The first kappa shape index (κ1) is 17.4. The minimum Gasteiger partial charge on any atom is -1.00 e. The van der Waals surface area contributed by atoms with Crippen LogP contribution in [0.1, 0.15) is 25.7 Å². The Morgan fingerprint density at radius 2 is 1.80 bits per heavy atom. The Labute approximate surface area is 103 Å². The van der Waals surface area contributed by atoms with Crippen molar-refractivity contribution in [1.82, 2.24) is 0 Å². The molecule has 0 heterocycles. The lowest BCUT2D eigenvalue weighted by molar-refractivity contribution is -0.888. The number of aliphatic carboxylic acids is 1. The second-order valence-electron chi connectivity index (χ2n) is 4.28. The number of alkyl halides is 1. The maximum absolute atomic E-state index is 10.2. The molecule has 0 fully saturated rings. The van der Waals surface area contributed by atoms with Crippen molar-refractivity contribution in [3.63, 3.8) is 0 Å². The van der Waals surface area contributed by atoms with Crippen LogP contribution in [0.5, 0.6) is 0 Å². The summed E-state index contributed by atoms with van der Waals surface area (Å²) >= 11 is 5.67. The van der Waals surface area contributed by atoms with Crippen molar-refractivity contribution < 1.29 is 26.8 Å². The summed E-state index contributed by atoms with van der Waals surface area (Å²) in [6.45, 7) is 2.05. The molecule has 0 bridgehead atoms. The van der Waals surface area contributed by atoms with Crippen LogP contribution < -0.4 is 12.4 Å². The zero-order chi connectivity index (χ0) is 11.0. The van der Waals surface area contributed by atoms with Crippen molar-refractivity contribution in [2.45, 2.75) is 25.7 Å². The van der Waals surface area contributed by atoms with E-state index in [9.17, 15) is 4.79 Å². The normalized spacial score (nSPS) is 10.9. The Morgan fingerprint density at radius 3 is 2.27 bits per heavy atom. The van der Waals surface area contributed by atoms with E-state index in [0.29, 0.717) is 12.3 Å². The summed E-state index contributed by atoms with van der Waals surface area (Å²) in [5.74, 6) is -0.0122. The second-order valence-corrected chi connectivity index (χ2v) is 4.65. The SMILES string of the molecule is C[N+](C)(CCCl)CCCCCC(=O)O.[Cl-]. The largest absolute Gasteiger partial charge is 1.00 e. The van der Waals surface area contributed by atoms with E-state index in [1.54, 1.807) is 0 Å². The highest BCUT2D eigenvalue weighted by Crippen LogP contribution is 2.05. The minimum absolute atomic E-state index is 0. The van der Waals surface area contributed by atoms with Crippen LogP contribution in [0, 0.1) is 0 Å². The van der Waals surface area contributed by atoms with E-state index in [1.165, 1.54) is 0 Å². The first-order valence-corrected chi connectivity index (χ1v) is 5.61. The highest BCUT2D eigenvalue weighted by Gasteiger charge is 2.12. The summed E-state index contributed by atoms with van der Waals surface area (Å²) < 4.78 is 0.927. The Hall–Kier alpha value is 0.01000. The zero-order valence-electron chi connectivity index (χ0n) is 9.51. The summed E-state index contributed by atoms with van der Waals surface area (Å²) in [7, 11) is 4.30. The molecular formula is C10H21Cl2NO2. The quantitative estimate of drug-likeness (QED) is 0.343. The van der Waals surface area contributed by atoms with Gasteiger partial charge in [-0.3, -0.25) is 4.79 Å². The van der Waals surface area contributed by atoms with Gasteiger partial charge in [-0.15, -0.1) is 11.6 Å². The number of quaternary nitrogens is 1. The molecule has 0 aliphatic carbocycles. The van der Waals surface area contributed by atoms with Gasteiger partial charge < -0.3 is 22.0 Å². The van der Waals surface area contributed by atoms with Gasteiger partial charge in [-0.1, -0.05) is 0 Å². The lowest BCUT2D eigenvalue weighted by atomic mass is 10.2. The van der Waals surface area contributed by atoms with Crippen LogP contribution in [0.2, 0.25) is 0 Å². The number of unbranched alkanes of at least 4 members (excludes halogenated alkanes) is 2. The van der Waals surface area contributed by atoms with E-state index in [2.05, 4.69) is 14.1 Å². The summed E-state index contributed by atoms with van der Waals surface area (Å²) in [4.78, 5) is 10.2. The number of hydrogen-bond acceptors (Lipinski definition) is 1. The Kier molecular flexibility index (Phi) is 10.7. The van der Waals surface area contributed by atoms with Gasteiger partial charge in [0.15, 0.2) is 0 Å². The maximum atomic E-state index is 10.2.